The van der Waals surface area contributed by atoms with Gasteiger partial charge in [0.25, 0.3) is 0 Å². The predicted molar refractivity (Wildman–Crippen MR) is 69.1 cm³/mol. The van der Waals surface area contributed by atoms with Gasteiger partial charge in [-0.15, -0.1) is 0 Å². The molecule has 0 aliphatic heterocycles. The van der Waals surface area contributed by atoms with Crippen LogP contribution >= 0.6 is 0 Å². The van der Waals surface area contributed by atoms with Crippen molar-refractivity contribution in [1.82, 2.24) is 5.32 Å². The van der Waals surface area contributed by atoms with E-state index in [4.69, 9.17) is 5.11 Å². The number of rotatable bonds is 5. The zero-order valence-electron chi connectivity index (χ0n) is 10.9. The molecule has 1 aromatic rings. The second-order valence-electron chi connectivity index (χ2n) is 4.70. The third kappa shape index (κ3) is 3.56. The lowest BCUT2D eigenvalue weighted by Gasteiger charge is -2.24. The average molecular weight is 235 g/mol. The average Bonchev–Trinajstić information content (AvgIpc) is 2.21. The summed E-state index contributed by atoms with van der Waals surface area (Å²) in [7, 11) is 1.88. The maximum absolute atomic E-state index is 10.8. The molecule has 0 amide bonds. The molecular formula is C14H21NO2. The van der Waals surface area contributed by atoms with Crippen LogP contribution in [0.15, 0.2) is 18.2 Å². The quantitative estimate of drug-likeness (QED) is 0.825. The molecule has 17 heavy (non-hydrogen) atoms. The monoisotopic (exact) mass is 235 g/mol. The van der Waals surface area contributed by atoms with Crippen molar-refractivity contribution in [2.24, 2.45) is 5.92 Å². The Morgan fingerprint density at radius 3 is 2.53 bits per heavy atom. The van der Waals surface area contributed by atoms with Gasteiger partial charge in [-0.25, -0.2) is 0 Å². The number of carboxylic acids is 1. The molecule has 0 saturated heterocycles. The van der Waals surface area contributed by atoms with Gasteiger partial charge in [-0.05, 0) is 37.9 Å². The summed E-state index contributed by atoms with van der Waals surface area (Å²) in [5, 5.41) is 12.1. The zero-order chi connectivity index (χ0) is 13.0. The number of hydrogen-bond donors (Lipinski definition) is 2. The minimum Gasteiger partial charge on any atom is -0.481 e. The Morgan fingerprint density at radius 2 is 2.06 bits per heavy atom. The van der Waals surface area contributed by atoms with Crippen LogP contribution in [0, 0.1) is 19.8 Å². The molecule has 0 radical (unpaired) electrons. The molecule has 2 unspecified atom stereocenters. The minimum atomic E-state index is -0.748. The molecule has 0 fully saturated rings. The molecule has 1 aromatic carbocycles. The number of nitrogens with one attached hydrogen (secondary N) is 1. The van der Waals surface area contributed by atoms with E-state index in [9.17, 15) is 4.79 Å². The van der Waals surface area contributed by atoms with Gasteiger partial charge in [-0.1, -0.05) is 30.7 Å². The Kier molecular flexibility index (Phi) is 4.70. The van der Waals surface area contributed by atoms with Crippen LogP contribution in [-0.4, -0.2) is 18.1 Å². The summed E-state index contributed by atoms with van der Waals surface area (Å²) in [5.74, 6) is -0.679. The van der Waals surface area contributed by atoms with E-state index < -0.39 is 5.97 Å². The second-order valence-corrected chi connectivity index (χ2v) is 4.70. The molecule has 0 saturated carbocycles. The van der Waals surface area contributed by atoms with Gasteiger partial charge < -0.3 is 10.4 Å². The van der Waals surface area contributed by atoms with Gasteiger partial charge in [-0.2, -0.15) is 0 Å². The third-order valence-electron chi connectivity index (χ3n) is 3.14. The van der Waals surface area contributed by atoms with E-state index in [0.29, 0.717) is 0 Å². The Balaban J connectivity index is 2.96. The summed E-state index contributed by atoms with van der Waals surface area (Å²) < 4.78 is 0. The third-order valence-corrected chi connectivity index (χ3v) is 3.14. The minimum absolute atomic E-state index is 0.0684. The fourth-order valence-electron chi connectivity index (χ4n) is 2.31. The zero-order valence-corrected chi connectivity index (χ0v) is 10.9. The largest absolute Gasteiger partial charge is 0.481 e. The van der Waals surface area contributed by atoms with Crippen molar-refractivity contribution in [1.29, 1.82) is 0 Å². The molecular weight excluding hydrogens is 214 g/mol. The van der Waals surface area contributed by atoms with Crippen LogP contribution in [0.5, 0.6) is 0 Å². The lowest BCUT2D eigenvalue weighted by atomic mass is 9.89. The summed E-state index contributed by atoms with van der Waals surface area (Å²) in [4.78, 5) is 10.8. The molecule has 0 aliphatic carbocycles. The molecule has 0 spiro atoms. The summed E-state index contributed by atoms with van der Waals surface area (Å²) in [6.45, 7) is 6.10. The first kappa shape index (κ1) is 13.7. The van der Waals surface area contributed by atoms with Crippen LogP contribution in [0.1, 0.15) is 36.1 Å². The first-order valence-electron chi connectivity index (χ1n) is 5.92. The van der Waals surface area contributed by atoms with Gasteiger partial charge >= 0.3 is 5.97 Å². The van der Waals surface area contributed by atoms with Crippen molar-refractivity contribution >= 4 is 5.97 Å². The maximum Gasteiger partial charge on any atom is 0.303 e. The highest BCUT2D eigenvalue weighted by atomic mass is 16.4. The van der Waals surface area contributed by atoms with E-state index in [0.717, 1.165) is 0 Å². The molecule has 1 rings (SSSR count). The van der Waals surface area contributed by atoms with Crippen molar-refractivity contribution < 1.29 is 9.90 Å². The summed E-state index contributed by atoms with van der Waals surface area (Å²) in [6, 6.07) is 6.38. The number of aliphatic carboxylic acids is 1. The smallest absolute Gasteiger partial charge is 0.303 e. The van der Waals surface area contributed by atoms with Crippen molar-refractivity contribution in [3.05, 3.63) is 34.9 Å². The Bertz CT molecular complexity index is 401. The maximum atomic E-state index is 10.8. The van der Waals surface area contributed by atoms with E-state index in [1.165, 1.54) is 16.7 Å². The van der Waals surface area contributed by atoms with E-state index >= 15 is 0 Å². The Labute approximate surface area is 103 Å². The molecule has 0 aromatic heterocycles. The fraction of sp³-hybridized carbons (Fsp3) is 0.500. The fourth-order valence-corrected chi connectivity index (χ4v) is 2.31. The van der Waals surface area contributed by atoms with Crippen LogP contribution in [0.3, 0.4) is 0 Å². The lowest BCUT2D eigenvalue weighted by molar-refractivity contribution is -0.138. The number of hydrogen-bond acceptors (Lipinski definition) is 2. The van der Waals surface area contributed by atoms with Crippen LogP contribution in [0.25, 0.3) is 0 Å². The van der Waals surface area contributed by atoms with Gasteiger partial charge in [0.2, 0.25) is 0 Å². The number of aryl methyl sites for hydroxylation is 2. The van der Waals surface area contributed by atoms with Gasteiger partial charge in [0, 0.05) is 12.5 Å². The summed E-state index contributed by atoms with van der Waals surface area (Å²) in [6.07, 6.45) is 0.179. The van der Waals surface area contributed by atoms with Crippen LogP contribution in [0.4, 0.5) is 0 Å². The topological polar surface area (TPSA) is 49.3 Å². The van der Waals surface area contributed by atoms with E-state index in [-0.39, 0.29) is 18.4 Å². The van der Waals surface area contributed by atoms with Crippen LogP contribution in [-0.2, 0) is 4.79 Å². The predicted octanol–water partition coefficient (Wildman–Crippen LogP) is 2.67. The molecule has 94 valence electrons. The second kappa shape index (κ2) is 5.82. The number of benzene rings is 1. The molecule has 3 heteroatoms. The molecule has 2 atom stereocenters. The molecule has 2 N–H and O–H groups in total. The Morgan fingerprint density at radius 1 is 1.41 bits per heavy atom. The summed E-state index contributed by atoms with van der Waals surface area (Å²) in [5.41, 5.74) is 3.63. The standard InChI is InChI=1S/C14H21NO2/c1-9-5-6-12(10(2)7-9)14(15-4)11(3)8-13(16)17/h5-7,11,14-15H,8H2,1-4H3,(H,16,17). The first-order valence-corrected chi connectivity index (χ1v) is 5.92. The highest BCUT2D eigenvalue weighted by molar-refractivity contribution is 5.67. The first-order chi connectivity index (χ1) is 7.95. The van der Waals surface area contributed by atoms with Gasteiger partial charge in [0.15, 0.2) is 0 Å². The van der Waals surface area contributed by atoms with Crippen LogP contribution < -0.4 is 5.32 Å². The molecule has 0 aliphatic rings. The van der Waals surface area contributed by atoms with Crippen molar-refractivity contribution in [3.8, 4) is 0 Å². The molecule has 0 heterocycles. The molecule has 3 nitrogen and oxygen atoms in total. The van der Waals surface area contributed by atoms with Gasteiger partial charge in [0.05, 0.1) is 0 Å². The number of carboxylic acid groups (broad SMARTS) is 1. The lowest BCUT2D eigenvalue weighted by Crippen LogP contribution is -2.26. The van der Waals surface area contributed by atoms with E-state index in [2.05, 4.69) is 37.4 Å². The van der Waals surface area contributed by atoms with Crippen molar-refractivity contribution in [2.75, 3.05) is 7.05 Å². The summed E-state index contributed by atoms with van der Waals surface area (Å²) >= 11 is 0. The van der Waals surface area contributed by atoms with Gasteiger partial charge in [-0.3, -0.25) is 4.79 Å². The Hall–Kier alpha value is -1.35. The normalized spacial score (nSPS) is 14.4. The van der Waals surface area contributed by atoms with E-state index in [1.807, 2.05) is 14.0 Å². The van der Waals surface area contributed by atoms with Crippen molar-refractivity contribution in [3.63, 3.8) is 0 Å². The molecule has 0 bridgehead atoms. The van der Waals surface area contributed by atoms with E-state index in [1.54, 1.807) is 0 Å². The highest BCUT2D eigenvalue weighted by Gasteiger charge is 2.21. The van der Waals surface area contributed by atoms with Crippen LogP contribution in [0.2, 0.25) is 0 Å². The SMILES string of the molecule is CNC(c1ccc(C)cc1C)C(C)CC(=O)O. The van der Waals surface area contributed by atoms with Crippen molar-refractivity contribution in [2.45, 2.75) is 33.2 Å². The number of carbonyl (C=O) groups is 1. The highest BCUT2D eigenvalue weighted by Crippen LogP contribution is 2.27. The van der Waals surface area contributed by atoms with Gasteiger partial charge in [0.1, 0.15) is 0 Å².